The average molecular weight is 1540 g/mol. The lowest BCUT2D eigenvalue weighted by Gasteiger charge is -2.17. The van der Waals surface area contributed by atoms with Crippen LogP contribution in [0.2, 0.25) is 0 Å². The van der Waals surface area contributed by atoms with Gasteiger partial charge in [-0.15, -0.1) is 12.3 Å². The predicted molar refractivity (Wildman–Crippen MR) is 409 cm³/mol. The maximum Gasteiger partial charge on any atom is 0.326 e. The fourth-order valence-electron chi connectivity index (χ4n) is 12.1. The van der Waals surface area contributed by atoms with Crippen LogP contribution in [0.3, 0.4) is 0 Å². The van der Waals surface area contributed by atoms with Crippen LogP contribution in [0, 0.1) is 24.2 Å². The number of ether oxygens (including phenoxy) is 5. The van der Waals surface area contributed by atoms with E-state index in [1.54, 1.807) is 0 Å². The van der Waals surface area contributed by atoms with Crippen molar-refractivity contribution in [1.29, 1.82) is 0 Å². The maximum absolute atomic E-state index is 13.5. The Morgan fingerprint density at radius 3 is 0.981 bits per heavy atom. The van der Waals surface area contributed by atoms with Gasteiger partial charge in [0.2, 0.25) is 35.4 Å². The number of carbonyl (C=O) groups is 13. The molecule has 4 atom stereocenters. The molecule has 28 heteroatoms. The molecule has 0 fully saturated rings. The van der Waals surface area contributed by atoms with E-state index in [0.717, 1.165) is 103 Å². The van der Waals surface area contributed by atoms with Crippen LogP contribution in [0.1, 0.15) is 308 Å². The van der Waals surface area contributed by atoms with Gasteiger partial charge >= 0.3 is 29.8 Å². The topological polar surface area (TPSA) is 421 Å². The second kappa shape index (κ2) is 72.8. The Hall–Kier alpha value is -7.09. The highest BCUT2D eigenvalue weighted by atomic mass is 16.5. The van der Waals surface area contributed by atoms with E-state index >= 15 is 0 Å². The highest BCUT2D eigenvalue weighted by molar-refractivity contribution is 5.88. The Balaban J connectivity index is 4.73. The van der Waals surface area contributed by atoms with E-state index in [-0.39, 0.29) is 203 Å². The first-order valence-electron chi connectivity index (χ1n) is 40.6. The van der Waals surface area contributed by atoms with Crippen molar-refractivity contribution < 1.29 is 106 Å². The molecule has 0 radical (unpaired) electrons. The van der Waals surface area contributed by atoms with Gasteiger partial charge in [-0.2, -0.15) is 0 Å². The number of nitrogens with one attached hydrogen (secondary N) is 6. The summed E-state index contributed by atoms with van der Waals surface area (Å²) in [6, 6.07) is -2.41. The van der Waals surface area contributed by atoms with Crippen molar-refractivity contribution in [3.05, 3.63) is 0 Å². The highest BCUT2D eigenvalue weighted by Gasteiger charge is 2.26. The summed E-state index contributed by atoms with van der Waals surface area (Å²) < 4.78 is 27.2. The van der Waals surface area contributed by atoms with E-state index in [2.05, 4.69) is 37.8 Å². The lowest BCUT2D eigenvalue weighted by Crippen LogP contribution is -2.41. The average Bonchev–Trinajstić information content (AvgIpc) is 0.936. The maximum atomic E-state index is 13.5. The van der Waals surface area contributed by atoms with Gasteiger partial charge in [-0.05, 0) is 64.2 Å². The molecule has 6 amide bonds. The van der Waals surface area contributed by atoms with Crippen molar-refractivity contribution in [1.82, 2.24) is 31.9 Å². The number of carboxylic acid groups (broad SMARTS) is 4. The Morgan fingerprint density at radius 1 is 0.315 bits per heavy atom. The quantitative estimate of drug-likeness (QED) is 0.0154. The molecule has 28 nitrogen and oxygen atoms in total. The van der Waals surface area contributed by atoms with Gasteiger partial charge in [-0.3, -0.25) is 52.7 Å². The highest BCUT2D eigenvalue weighted by Crippen LogP contribution is 2.20. The van der Waals surface area contributed by atoms with Gasteiger partial charge in [0.05, 0.1) is 65.9 Å². The molecular formula is C80H138N6O22. The van der Waals surface area contributed by atoms with E-state index in [4.69, 9.17) is 40.3 Å². The zero-order valence-corrected chi connectivity index (χ0v) is 65.5. The third-order valence-electron chi connectivity index (χ3n) is 18.5. The van der Waals surface area contributed by atoms with Crippen LogP contribution >= 0.6 is 0 Å². The molecule has 0 rings (SSSR count). The number of amides is 6. The molecule has 0 heterocycles. The van der Waals surface area contributed by atoms with Crippen molar-refractivity contribution >= 4 is 76.9 Å². The third-order valence-corrected chi connectivity index (χ3v) is 18.5. The monoisotopic (exact) mass is 1530 g/mol. The van der Waals surface area contributed by atoms with Gasteiger partial charge in [0, 0.05) is 109 Å². The summed E-state index contributed by atoms with van der Waals surface area (Å²) in [5.41, 5.74) is 0. The molecular weight excluding hydrogens is 1400 g/mol. The Labute approximate surface area is 643 Å². The van der Waals surface area contributed by atoms with Crippen LogP contribution in [0.25, 0.3) is 0 Å². The Morgan fingerprint density at radius 2 is 0.630 bits per heavy atom. The van der Waals surface area contributed by atoms with E-state index in [0.29, 0.717) is 64.3 Å². The van der Waals surface area contributed by atoms with Crippen LogP contribution in [-0.2, 0) is 86.0 Å². The number of methoxy groups -OCH3 is 1. The number of aliphatic carboxylic acids is 4. The first-order valence-corrected chi connectivity index (χ1v) is 40.6. The number of carbonyl (C=O) groups excluding carboxylic acids is 9. The normalized spacial score (nSPS) is 12.2. The van der Waals surface area contributed by atoms with Crippen LogP contribution in [0.15, 0.2) is 0 Å². The molecule has 0 saturated heterocycles. The molecule has 0 spiro atoms. The number of hydrogen-bond acceptors (Lipinski definition) is 18. The molecule has 0 aromatic heterocycles. The summed E-state index contributed by atoms with van der Waals surface area (Å²) in [5, 5.41) is 53.1. The van der Waals surface area contributed by atoms with E-state index < -0.39 is 53.8 Å². The fourth-order valence-corrected chi connectivity index (χ4v) is 12.1. The summed E-state index contributed by atoms with van der Waals surface area (Å²) in [6.45, 7) is 2.25. The molecule has 0 aromatic carbocycles. The molecule has 0 aliphatic carbocycles. The number of terminal acetylenes is 1. The van der Waals surface area contributed by atoms with Gasteiger partial charge in [-0.25, -0.2) is 9.59 Å². The number of carboxylic acids is 4. The fraction of sp³-hybridized carbons (Fsp3) is 0.812. The van der Waals surface area contributed by atoms with Crippen molar-refractivity contribution in [3.63, 3.8) is 0 Å². The van der Waals surface area contributed by atoms with Crippen LogP contribution in [-0.4, -0.2) is 196 Å². The minimum Gasteiger partial charge on any atom is -0.481 e. The van der Waals surface area contributed by atoms with Gasteiger partial charge in [0.15, 0.2) is 0 Å². The molecule has 108 heavy (non-hydrogen) atoms. The largest absolute Gasteiger partial charge is 0.481 e. The molecule has 0 aromatic rings. The molecule has 0 aliphatic rings. The summed E-state index contributed by atoms with van der Waals surface area (Å²) in [4.78, 5) is 159. The summed E-state index contributed by atoms with van der Waals surface area (Å²) in [6.07, 6.45) is 38.0. The second-order valence-corrected chi connectivity index (χ2v) is 28.1. The minimum absolute atomic E-state index is 0.0354. The number of Topliss-reactive ketones (excluding diaryl/α,β-unsaturated/α-hetero) is 2. The van der Waals surface area contributed by atoms with Crippen molar-refractivity contribution in [2.24, 2.45) is 11.8 Å². The van der Waals surface area contributed by atoms with E-state index in [1.807, 2.05) is 0 Å². The number of hydrogen-bond donors (Lipinski definition) is 10. The van der Waals surface area contributed by atoms with Crippen LogP contribution in [0.4, 0.5) is 0 Å². The smallest absolute Gasteiger partial charge is 0.326 e. The molecule has 0 saturated carbocycles. The predicted octanol–water partition coefficient (Wildman–Crippen LogP) is 10.7. The molecule has 620 valence electrons. The molecule has 10 N–H and O–H groups in total. The van der Waals surface area contributed by atoms with Crippen LogP contribution < -0.4 is 31.9 Å². The van der Waals surface area contributed by atoms with Crippen molar-refractivity contribution in [2.45, 2.75) is 320 Å². The second-order valence-electron chi connectivity index (χ2n) is 28.1. The van der Waals surface area contributed by atoms with Crippen molar-refractivity contribution in [3.8, 4) is 12.3 Å². The van der Waals surface area contributed by atoms with Crippen molar-refractivity contribution in [2.75, 3.05) is 86.1 Å². The number of rotatable bonds is 80. The first-order chi connectivity index (χ1) is 52.2. The van der Waals surface area contributed by atoms with E-state index in [1.165, 1.54) is 71.3 Å². The van der Waals surface area contributed by atoms with Gasteiger partial charge in [-0.1, -0.05) is 167 Å². The number of unbranched alkanes of at least 4 members (excludes halogenated alkanes) is 28. The number of esters is 1. The van der Waals surface area contributed by atoms with Crippen LogP contribution in [0.5, 0.6) is 0 Å². The lowest BCUT2D eigenvalue weighted by atomic mass is 9.94. The lowest BCUT2D eigenvalue weighted by molar-refractivity contribution is -0.147. The molecule has 0 aliphatic heterocycles. The number of ketones is 2. The standard InChI is InChI=1S/C80H138N6O22/c1-3-4-39-70(89)83-52-56-107-60-58-105-54-48-66(87)62-64(37-33-35-50-81-71(90)46-44-68(78(99)100)85-73(92)40-29-25-21-17-13-9-5-7-11-15-19-23-27-31-42-75(94)95)77(98)84-53-57-108-61-59-106-55-49-67(88)63-65(80(103)104-2)38-34-36-51-82-72(91)47-45-69(79(101)102)86-74(93)41-30-26-22-18-14-10-6-8-12-16-20-24-28-32-43-76(96)97/h1,64-65,68-69H,4-63H2,2H3,(H,81,90)(H,82,91)(H,83,89)(H,84,98)(H,85,92)(H,86,93)(H,94,95)(H,96,97)(H,99,100)(H,101,102)/t64-,65-,68?,69?/m1/s1. The summed E-state index contributed by atoms with van der Waals surface area (Å²) in [7, 11) is 1.24. The minimum atomic E-state index is -1.23. The van der Waals surface area contributed by atoms with E-state index in [9.17, 15) is 72.5 Å². The first kappa shape index (κ1) is 101. The molecule has 0 bridgehead atoms. The summed E-state index contributed by atoms with van der Waals surface area (Å²) >= 11 is 0. The SMILES string of the molecule is C#CCCC(=O)NCCOCCOCCC(=O)C[C@@H](CCCCNC(=O)CCC(NC(=O)CCCCCCCCCCCCCCCCC(=O)O)C(=O)O)C(=O)NCCOCCOCCC(=O)C[C@@H](CCCCNC(=O)CCC(NC(=O)CCCCCCCCCCCCCCCCC(=O)O)C(=O)O)C(=O)OC. The van der Waals surface area contributed by atoms with Gasteiger partial charge in [0.25, 0.3) is 0 Å². The third kappa shape index (κ3) is 67.1. The zero-order valence-electron chi connectivity index (χ0n) is 65.5. The van der Waals surface area contributed by atoms with Gasteiger partial charge in [0.1, 0.15) is 23.7 Å². The summed E-state index contributed by atoms with van der Waals surface area (Å²) in [5.74, 6) is -5.87. The zero-order chi connectivity index (χ0) is 79.7. The molecule has 2 unspecified atom stereocenters. The Kier molecular flexibility index (Phi) is 68.0. The van der Waals surface area contributed by atoms with Gasteiger partial charge < -0.3 is 76.0 Å². The Bertz CT molecular complexity index is 2510.